The number of anilines is 1. The highest BCUT2D eigenvalue weighted by Crippen LogP contribution is 2.21. The van der Waals surface area contributed by atoms with Crippen molar-refractivity contribution in [3.63, 3.8) is 0 Å². The fourth-order valence-corrected chi connectivity index (χ4v) is 1.87. The van der Waals surface area contributed by atoms with Crippen molar-refractivity contribution in [3.05, 3.63) is 40.5 Å². The van der Waals surface area contributed by atoms with Crippen LogP contribution in [0.25, 0.3) is 0 Å². The second kappa shape index (κ2) is 5.73. The summed E-state index contributed by atoms with van der Waals surface area (Å²) in [5.41, 5.74) is 3.29. The quantitative estimate of drug-likeness (QED) is 0.863. The number of hydrogen-bond acceptors (Lipinski definition) is 6. The molecule has 0 aliphatic heterocycles. The molecule has 6 heteroatoms. The molecule has 0 aliphatic rings. The van der Waals surface area contributed by atoms with E-state index in [4.69, 9.17) is 9.26 Å². The summed E-state index contributed by atoms with van der Waals surface area (Å²) in [5.74, 6) is 0.750. The molecule has 0 amide bonds. The predicted octanol–water partition coefficient (Wildman–Crippen LogP) is 2.39. The Morgan fingerprint density at radius 2 is 2.10 bits per heavy atom. The van der Waals surface area contributed by atoms with Crippen molar-refractivity contribution in [3.8, 4) is 0 Å². The number of hydrogen-bond donors (Lipinski definition) is 1. The van der Waals surface area contributed by atoms with Gasteiger partial charge in [-0.25, -0.2) is 4.79 Å². The zero-order valence-electron chi connectivity index (χ0n) is 12.0. The minimum atomic E-state index is -0.345. The van der Waals surface area contributed by atoms with Crippen LogP contribution in [0.15, 0.2) is 16.7 Å². The third kappa shape index (κ3) is 2.96. The van der Waals surface area contributed by atoms with E-state index in [0.29, 0.717) is 23.8 Å². The maximum absolute atomic E-state index is 11.7. The molecule has 0 fully saturated rings. The number of nitrogens with one attached hydrogen (secondary N) is 1. The highest BCUT2D eigenvalue weighted by Gasteiger charge is 2.13. The lowest BCUT2D eigenvalue weighted by Crippen LogP contribution is -2.07. The number of benzene rings is 1. The van der Waals surface area contributed by atoms with E-state index >= 15 is 0 Å². The van der Waals surface area contributed by atoms with Gasteiger partial charge >= 0.3 is 5.97 Å². The number of ether oxygens (including phenoxy) is 1. The average Bonchev–Trinajstić information content (AvgIpc) is 2.85. The minimum Gasteiger partial charge on any atom is -0.465 e. The molecule has 1 N–H and O–H groups in total. The smallest absolute Gasteiger partial charge is 0.338 e. The fraction of sp³-hybridized carbons (Fsp3) is 0.357. The van der Waals surface area contributed by atoms with Gasteiger partial charge in [-0.3, -0.25) is 0 Å². The zero-order valence-corrected chi connectivity index (χ0v) is 12.0. The van der Waals surface area contributed by atoms with Gasteiger partial charge in [-0.1, -0.05) is 5.16 Å². The normalized spacial score (nSPS) is 10.4. The molecule has 6 nitrogen and oxygen atoms in total. The molecule has 0 saturated heterocycles. The topological polar surface area (TPSA) is 77.2 Å². The summed E-state index contributed by atoms with van der Waals surface area (Å²) < 4.78 is 9.81. The number of aromatic nitrogens is 2. The van der Waals surface area contributed by atoms with Gasteiger partial charge in [-0.15, -0.1) is 0 Å². The lowest BCUT2D eigenvalue weighted by atomic mass is 10.0. The van der Waals surface area contributed by atoms with Crippen molar-refractivity contribution in [2.24, 2.45) is 0 Å². The molecule has 0 saturated carbocycles. The molecule has 1 aromatic heterocycles. The first-order valence-corrected chi connectivity index (χ1v) is 6.24. The van der Waals surface area contributed by atoms with Gasteiger partial charge in [0.1, 0.15) is 0 Å². The van der Waals surface area contributed by atoms with Crippen LogP contribution >= 0.6 is 0 Å². The van der Waals surface area contributed by atoms with Crippen LogP contribution in [0, 0.1) is 20.8 Å². The van der Waals surface area contributed by atoms with E-state index in [-0.39, 0.29) is 5.97 Å². The van der Waals surface area contributed by atoms with E-state index in [2.05, 4.69) is 15.5 Å². The van der Waals surface area contributed by atoms with Gasteiger partial charge in [0.2, 0.25) is 5.89 Å². The van der Waals surface area contributed by atoms with Gasteiger partial charge in [0.25, 0.3) is 0 Å². The average molecular weight is 275 g/mol. The number of methoxy groups -OCH3 is 1. The standard InChI is InChI=1S/C14H17N3O3/c1-8-5-11(6-12(9(8)2)14(18)19-4)15-7-13-16-10(3)17-20-13/h5-6,15H,7H2,1-4H3. The molecule has 0 aliphatic carbocycles. The Hall–Kier alpha value is -2.37. The molecule has 0 bridgehead atoms. The number of carbonyl (C=O) groups is 1. The van der Waals surface area contributed by atoms with Crippen molar-refractivity contribution in [1.29, 1.82) is 0 Å². The Morgan fingerprint density at radius 3 is 2.70 bits per heavy atom. The van der Waals surface area contributed by atoms with Gasteiger partial charge in [-0.2, -0.15) is 4.98 Å². The SMILES string of the molecule is COC(=O)c1cc(NCc2nc(C)no2)cc(C)c1C. The lowest BCUT2D eigenvalue weighted by molar-refractivity contribution is 0.0600. The van der Waals surface area contributed by atoms with Crippen molar-refractivity contribution in [2.45, 2.75) is 27.3 Å². The van der Waals surface area contributed by atoms with Crippen LogP contribution in [0.3, 0.4) is 0 Å². The summed E-state index contributed by atoms with van der Waals surface area (Å²) in [6.45, 7) is 6.01. The molecule has 0 radical (unpaired) electrons. The molecule has 20 heavy (non-hydrogen) atoms. The van der Waals surface area contributed by atoms with E-state index in [0.717, 1.165) is 16.8 Å². The third-order valence-corrected chi connectivity index (χ3v) is 3.09. The van der Waals surface area contributed by atoms with Crippen LogP contribution < -0.4 is 5.32 Å². The van der Waals surface area contributed by atoms with Crippen LogP contribution in [-0.4, -0.2) is 23.2 Å². The number of carbonyl (C=O) groups excluding carboxylic acids is 1. The van der Waals surface area contributed by atoms with Gasteiger partial charge < -0.3 is 14.6 Å². The number of nitrogens with zero attached hydrogens (tertiary/aromatic N) is 2. The zero-order chi connectivity index (χ0) is 14.7. The Balaban J connectivity index is 2.19. The maximum Gasteiger partial charge on any atom is 0.338 e. The molecule has 0 atom stereocenters. The van der Waals surface area contributed by atoms with Crippen LogP contribution in [-0.2, 0) is 11.3 Å². The summed E-state index contributed by atoms with van der Waals surface area (Å²) >= 11 is 0. The number of esters is 1. The molecule has 1 aromatic carbocycles. The molecular formula is C14H17N3O3. The first kappa shape index (κ1) is 14.0. The fourth-order valence-electron chi connectivity index (χ4n) is 1.87. The van der Waals surface area contributed by atoms with Crippen molar-refractivity contribution >= 4 is 11.7 Å². The van der Waals surface area contributed by atoms with Gasteiger partial charge in [0, 0.05) is 5.69 Å². The van der Waals surface area contributed by atoms with E-state index < -0.39 is 0 Å². The second-order valence-electron chi connectivity index (χ2n) is 4.55. The Morgan fingerprint density at radius 1 is 1.35 bits per heavy atom. The minimum absolute atomic E-state index is 0.345. The summed E-state index contributed by atoms with van der Waals surface area (Å²) in [6.07, 6.45) is 0. The molecule has 0 unspecified atom stereocenters. The van der Waals surface area contributed by atoms with Gasteiger partial charge in [0.05, 0.1) is 19.2 Å². The predicted molar refractivity (Wildman–Crippen MR) is 73.6 cm³/mol. The van der Waals surface area contributed by atoms with Crippen LogP contribution in [0.5, 0.6) is 0 Å². The highest BCUT2D eigenvalue weighted by molar-refractivity contribution is 5.92. The number of rotatable bonds is 4. The highest BCUT2D eigenvalue weighted by atomic mass is 16.5. The molecule has 0 spiro atoms. The monoisotopic (exact) mass is 275 g/mol. The number of aryl methyl sites for hydroxylation is 2. The van der Waals surface area contributed by atoms with E-state index in [1.54, 1.807) is 13.0 Å². The largest absolute Gasteiger partial charge is 0.465 e. The summed E-state index contributed by atoms with van der Waals surface area (Å²) in [7, 11) is 1.37. The summed E-state index contributed by atoms with van der Waals surface area (Å²) in [4.78, 5) is 15.8. The molecule has 2 rings (SSSR count). The van der Waals surface area contributed by atoms with Crippen LogP contribution in [0.2, 0.25) is 0 Å². The first-order valence-electron chi connectivity index (χ1n) is 6.24. The molecule has 2 aromatic rings. The molecule has 106 valence electrons. The van der Waals surface area contributed by atoms with Crippen LogP contribution in [0.1, 0.15) is 33.2 Å². The van der Waals surface area contributed by atoms with E-state index in [1.807, 2.05) is 19.9 Å². The summed E-state index contributed by atoms with van der Waals surface area (Å²) in [6, 6.07) is 3.72. The Bertz CT molecular complexity index is 635. The van der Waals surface area contributed by atoms with Gasteiger partial charge in [0.15, 0.2) is 5.82 Å². The Kier molecular flexibility index (Phi) is 4.02. The Labute approximate surface area is 117 Å². The van der Waals surface area contributed by atoms with Crippen molar-refractivity contribution < 1.29 is 14.1 Å². The van der Waals surface area contributed by atoms with Gasteiger partial charge in [-0.05, 0) is 44.0 Å². The van der Waals surface area contributed by atoms with Crippen molar-refractivity contribution in [2.75, 3.05) is 12.4 Å². The van der Waals surface area contributed by atoms with Crippen LogP contribution in [0.4, 0.5) is 5.69 Å². The van der Waals surface area contributed by atoms with Crippen molar-refractivity contribution in [1.82, 2.24) is 10.1 Å². The third-order valence-electron chi connectivity index (χ3n) is 3.09. The molecule has 1 heterocycles. The van der Waals surface area contributed by atoms with E-state index in [1.165, 1.54) is 7.11 Å². The van der Waals surface area contributed by atoms with E-state index in [9.17, 15) is 4.79 Å². The first-order chi connectivity index (χ1) is 9.51. The second-order valence-corrected chi connectivity index (χ2v) is 4.55. The summed E-state index contributed by atoms with van der Waals surface area (Å²) in [5, 5.41) is 6.88. The molecular weight excluding hydrogens is 258 g/mol. The maximum atomic E-state index is 11.7. The lowest BCUT2D eigenvalue weighted by Gasteiger charge is -2.11.